The van der Waals surface area contributed by atoms with E-state index in [1.807, 2.05) is 0 Å². The molecular formula is C16H16BrF5N2O3S. The number of nitriles is 1. The summed E-state index contributed by atoms with van der Waals surface area (Å²) in [5.41, 5.74) is -3.15. The van der Waals surface area contributed by atoms with Crippen LogP contribution in [0.15, 0.2) is 22.7 Å². The van der Waals surface area contributed by atoms with Gasteiger partial charge in [0.1, 0.15) is 12.5 Å². The van der Waals surface area contributed by atoms with Gasteiger partial charge >= 0.3 is 12.1 Å². The lowest BCUT2D eigenvalue weighted by Crippen LogP contribution is -2.53. The molecule has 28 heavy (non-hydrogen) atoms. The smallest absolute Gasteiger partial charge is 0.336 e. The van der Waals surface area contributed by atoms with Crippen LogP contribution in [0.5, 0.6) is 0 Å². The Balaban J connectivity index is 3.53. The number of nitrogens with zero attached hydrogens (tertiary/aromatic N) is 1. The molecular weight excluding hydrogens is 475 g/mol. The SMILES string of the molecule is CC(C#N)(CC[C@](CF)(NC(=O)C(F)(F)F)c1cc(Br)ccc1F)S(C)(=O)=O. The first kappa shape index (κ1) is 24.3. The summed E-state index contributed by atoms with van der Waals surface area (Å²) < 4.78 is 88.5. The van der Waals surface area contributed by atoms with Gasteiger partial charge in [0.15, 0.2) is 14.6 Å². The molecule has 1 aromatic carbocycles. The molecule has 0 fully saturated rings. The number of sulfone groups is 1. The van der Waals surface area contributed by atoms with Crippen LogP contribution in [-0.2, 0) is 20.2 Å². The topological polar surface area (TPSA) is 87.0 Å². The molecule has 5 nitrogen and oxygen atoms in total. The van der Waals surface area contributed by atoms with Crippen LogP contribution in [0.25, 0.3) is 0 Å². The van der Waals surface area contributed by atoms with Crippen LogP contribution in [0, 0.1) is 17.1 Å². The van der Waals surface area contributed by atoms with Crippen LogP contribution in [0.3, 0.4) is 0 Å². The quantitative estimate of drug-likeness (QED) is 0.592. The van der Waals surface area contributed by atoms with E-state index in [1.54, 1.807) is 0 Å². The largest absolute Gasteiger partial charge is 0.471 e. The molecule has 0 heterocycles. The molecule has 0 spiro atoms. The normalized spacial score (nSPS) is 16.5. The molecule has 1 rings (SSSR count). The molecule has 0 saturated heterocycles. The number of carbonyl (C=O) groups excluding carboxylic acids is 1. The molecule has 0 bridgehead atoms. The Bertz CT molecular complexity index is 901. The summed E-state index contributed by atoms with van der Waals surface area (Å²) in [7, 11) is -4.02. The average molecular weight is 491 g/mol. The van der Waals surface area contributed by atoms with E-state index in [4.69, 9.17) is 0 Å². The fraction of sp³-hybridized carbons (Fsp3) is 0.500. The van der Waals surface area contributed by atoms with Gasteiger partial charge in [0.25, 0.3) is 0 Å². The van der Waals surface area contributed by atoms with Crippen molar-refractivity contribution >= 4 is 31.7 Å². The van der Waals surface area contributed by atoms with Crippen molar-refractivity contribution < 1.29 is 35.2 Å². The van der Waals surface area contributed by atoms with Crippen LogP contribution in [0.4, 0.5) is 22.0 Å². The summed E-state index contributed by atoms with van der Waals surface area (Å²) in [6.45, 7) is -0.665. The maximum atomic E-state index is 14.3. The summed E-state index contributed by atoms with van der Waals surface area (Å²) in [6, 6.07) is 4.57. The highest BCUT2D eigenvalue weighted by Gasteiger charge is 2.48. The van der Waals surface area contributed by atoms with Crippen molar-refractivity contribution in [2.24, 2.45) is 0 Å². The molecule has 0 saturated carbocycles. The summed E-state index contributed by atoms with van der Waals surface area (Å²) in [5, 5.41) is 10.6. The molecule has 1 amide bonds. The maximum Gasteiger partial charge on any atom is 0.471 e. The van der Waals surface area contributed by atoms with Gasteiger partial charge in [-0.25, -0.2) is 17.2 Å². The standard InChI is InChI=1S/C16H16BrF5N2O3S/c1-14(9-23,28(2,26)27)5-6-15(8-18,24-13(25)16(20,21)22)11-7-10(17)3-4-12(11)19/h3-4,7H,5-6,8H2,1-2H3,(H,24,25)/t14?,15-/m1/s1. The van der Waals surface area contributed by atoms with Crippen molar-refractivity contribution in [2.45, 2.75) is 36.2 Å². The fourth-order valence-corrected chi connectivity index (χ4v) is 3.37. The second-order valence-electron chi connectivity index (χ2n) is 6.41. The molecule has 2 atom stereocenters. The number of alkyl halides is 4. The highest BCUT2D eigenvalue weighted by molar-refractivity contribution is 9.10. The minimum Gasteiger partial charge on any atom is -0.336 e. The number of rotatable bonds is 7. The zero-order valence-electron chi connectivity index (χ0n) is 14.7. The van der Waals surface area contributed by atoms with Gasteiger partial charge in [-0.3, -0.25) is 4.79 Å². The summed E-state index contributed by atoms with van der Waals surface area (Å²) >= 11 is 2.99. The van der Waals surface area contributed by atoms with Gasteiger partial charge in [0.2, 0.25) is 0 Å². The lowest BCUT2D eigenvalue weighted by Gasteiger charge is -2.35. The van der Waals surface area contributed by atoms with Gasteiger partial charge in [-0.1, -0.05) is 15.9 Å². The predicted molar refractivity (Wildman–Crippen MR) is 94.0 cm³/mol. The van der Waals surface area contributed by atoms with Crippen LogP contribution in [-0.4, -0.2) is 38.2 Å². The Hall–Kier alpha value is -1.74. The van der Waals surface area contributed by atoms with Crippen molar-refractivity contribution in [3.05, 3.63) is 34.1 Å². The maximum absolute atomic E-state index is 14.3. The van der Waals surface area contributed by atoms with E-state index < -0.39 is 63.1 Å². The molecule has 156 valence electrons. The highest BCUT2D eigenvalue weighted by atomic mass is 79.9. The van der Waals surface area contributed by atoms with Crippen molar-refractivity contribution in [1.29, 1.82) is 5.26 Å². The third-order valence-corrected chi connectivity index (χ3v) is 6.79. The Labute approximate surface area is 167 Å². The van der Waals surface area contributed by atoms with Gasteiger partial charge < -0.3 is 5.32 Å². The van der Waals surface area contributed by atoms with E-state index >= 15 is 0 Å². The van der Waals surface area contributed by atoms with Gasteiger partial charge in [-0.05, 0) is 38.0 Å². The Morgan fingerprint density at radius 3 is 2.29 bits per heavy atom. The Morgan fingerprint density at radius 2 is 1.86 bits per heavy atom. The van der Waals surface area contributed by atoms with E-state index in [0.717, 1.165) is 25.3 Å². The zero-order chi connectivity index (χ0) is 22.0. The summed E-state index contributed by atoms with van der Waals surface area (Å²) in [4.78, 5) is 11.5. The van der Waals surface area contributed by atoms with Crippen LogP contribution in [0.2, 0.25) is 0 Å². The first-order chi connectivity index (χ1) is 12.6. The second-order valence-corrected chi connectivity index (χ2v) is 9.77. The molecule has 1 aromatic rings. The lowest BCUT2D eigenvalue weighted by atomic mass is 9.83. The van der Waals surface area contributed by atoms with Crippen molar-refractivity contribution in [3.63, 3.8) is 0 Å². The minimum atomic E-state index is -5.39. The van der Waals surface area contributed by atoms with Crippen LogP contribution < -0.4 is 5.32 Å². The molecule has 0 aliphatic rings. The van der Waals surface area contributed by atoms with E-state index in [0.29, 0.717) is 0 Å². The van der Waals surface area contributed by atoms with Gasteiger partial charge in [0.05, 0.1) is 11.6 Å². The molecule has 1 N–H and O–H groups in total. The fourth-order valence-electron chi connectivity index (χ4n) is 2.37. The molecule has 0 aliphatic carbocycles. The Morgan fingerprint density at radius 1 is 1.29 bits per heavy atom. The number of carbonyl (C=O) groups is 1. The number of hydrogen-bond acceptors (Lipinski definition) is 4. The summed E-state index contributed by atoms with van der Waals surface area (Å²) in [5.74, 6) is -3.64. The predicted octanol–water partition coefficient (Wildman–Crippen LogP) is 3.54. The van der Waals surface area contributed by atoms with Crippen molar-refractivity contribution in [2.75, 3.05) is 12.9 Å². The second kappa shape index (κ2) is 8.32. The number of amides is 1. The molecule has 1 unspecified atom stereocenters. The summed E-state index contributed by atoms with van der Waals surface area (Å²) in [6.07, 6.45) is -6.09. The van der Waals surface area contributed by atoms with Gasteiger partial charge in [-0.2, -0.15) is 18.4 Å². The zero-order valence-corrected chi connectivity index (χ0v) is 17.1. The van der Waals surface area contributed by atoms with Gasteiger partial charge in [0, 0.05) is 16.3 Å². The number of benzene rings is 1. The number of halogens is 6. The van der Waals surface area contributed by atoms with E-state index in [9.17, 15) is 40.4 Å². The molecule has 0 aliphatic heterocycles. The molecule has 0 radical (unpaired) electrons. The third-order valence-electron chi connectivity index (χ3n) is 4.37. The molecule has 0 aromatic heterocycles. The van der Waals surface area contributed by atoms with E-state index in [1.165, 1.54) is 17.5 Å². The Kier molecular flexibility index (Phi) is 7.22. The third kappa shape index (κ3) is 5.20. The average Bonchev–Trinajstić information content (AvgIpc) is 2.58. The molecule has 12 heteroatoms. The monoisotopic (exact) mass is 490 g/mol. The van der Waals surface area contributed by atoms with Crippen LogP contribution >= 0.6 is 15.9 Å². The first-order valence-corrected chi connectivity index (χ1v) is 10.3. The minimum absolute atomic E-state index is 0.189. The number of nitrogens with one attached hydrogen (secondary N) is 1. The van der Waals surface area contributed by atoms with Gasteiger partial charge in [-0.15, -0.1) is 0 Å². The van der Waals surface area contributed by atoms with Crippen molar-refractivity contribution in [1.82, 2.24) is 5.32 Å². The van der Waals surface area contributed by atoms with E-state index in [-0.39, 0.29) is 4.47 Å². The first-order valence-electron chi connectivity index (χ1n) is 7.63. The van der Waals surface area contributed by atoms with Crippen molar-refractivity contribution in [3.8, 4) is 6.07 Å². The highest BCUT2D eigenvalue weighted by Crippen LogP contribution is 2.36. The number of hydrogen-bond donors (Lipinski definition) is 1. The van der Waals surface area contributed by atoms with E-state index in [2.05, 4.69) is 15.9 Å². The lowest BCUT2D eigenvalue weighted by molar-refractivity contribution is -0.176. The van der Waals surface area contributed by atoms with Crippen LogP contribution in [0.1, 0.15) is 25.3 Å².